The van der Waals surface area contributed by atoms with Gasteiger partial charge in [0.15, 0.2) is 0 Å². The number of halogens is 1. The summed E-state index contributed by atoms with van der Waals surface area (Å²) in [5, 5.41) is 0.554. The van der Waals surface area contributed by atoms with Gasteiger partial charge in [-0.1, -0.05) is 13.8 Å². The molecule has 1 N–H and O–H groups in total. The van der Waals surface area contributed by atoms with E-state index in [1.54, 1.807) is 11.8 Å². The highest BCUT2D eigenvalue weighted by molar-refractivity contribution is 9.10. The first-order chi connectivity index (χ1) is 7.58. The number of hydrogen-bond donors (Lipinski definition) is 1. The average Bonchev–Trinajstić information content (AvgIpc) is 3.03. The SMILES string of the molecule is CC(C)SCc1nc(C2CC2)c(Br)c(=O)[nH]1. The van der Waals surface area contributed by atoms with Crippen molar-refractivity contribution in [1.29, 1.82) is 0 Å². The Bertz CT molecular complexity index is 440. The topological polar surface area (TPSA) is 45.8 Å². The van der Waals surface area contributed by atoms with E-state index in [9.17, 15) is 4.79 Å². The summed E-state index contributed by atoms with van der Waals surface area (Å²) in [5.41, 5.74) is 0.902. The van der Waals surface area contributed by atoms with Gasteiger partial charge in [-0.05, 0) is 34.0 Å². The predicted molar refractivity (Wildman–Crippen MR) is 71.0 cm³/mol. The highest BCUT2D eigenvalue weighted by Gasteiger charge is 2.28. The first kappa shape index (κ1) is 12.2. The Kier molecular flexibility index (Phi) is 3.74. The predicted octanol–water partition coefficient (Wildman–Crippen LogP) is 3.05. The van der Waals surface area contributed by atoms with Gasteiger partial charge in [-0.15, -0.1) is 0 Å². The minimum atomic E-state index is -0.0451. The Balaban J connectivity index is 2.22. The molecule has 0 amide bonds. The van der Waals surface area contributed by atoms with Crippen LogP contribution in [0.5, 0.6) is 0 Å². The Labute approximate surface area is 108 Å². The summed E-state index contributed by atoms with van der Waals surface area (Å²) in [6, 6.07) is 0. The quantitative estimate of drug-likeness (QED) is 0.930. The Morgan fingerprint density at radius 3 is 2.81 bits per heavy atom. The van der Waals surface area contributed by atoms with Crippen LogP contribution in [-0.4, -0.2) is 15.2 Å². The van der Waals surface area contributed by atoms with E-state index >= 15 is 0 Å². The monoisotopic (exact) mass is 302 g/mol. The van der Waals surface area contributed by atoms with Gasteiger partial charge in [0.1, 0.15) is 10.3 Å². The molecule has 0 aliphatic heterocycles. The molecule has 1 aromatic rings. The normalized spacial score (nSPS) is 15.8. The Morgan fingerprint density at radius 1 is 1.56 bits per heavy atom. The third-order valence-corrected chi connectivity index (χ3v) is 4.33. The van der Waals surface area contributed by atoms with Gasteiger partial charge < -0.3 is 4.98 Å². The largest absolute Gasteiger partial charge is 0.309 e. The van der Waals surface area contributed by atoms with Crippen LogP contribution in [0.2, 0.25) is 0 Å². The average molecular weight is 303 g/mol. The van der Waals surface area contributed by atoms with Gasteiger partial charge in [0.25, 0.3) is 5.56 Å². The van der Waals surface area contributed by atoms with E-state index in [2.05, 4.69) is 39.7 Å². The van der Waals surface area contributed by atoms with Crippen LogP contribution >= 0.6 is 27.7 Å². The van der Waals surface area contributed by atoms with Crippen LogP contribution in [0.15, 0.2) is 9.27 Å². The number of rotatable bonds is 4. The van der Waals surface area contributed by atoms with Crippen LogP contribution in [0.3, 0.4) is 0 Å². The zero-order valence-corrected chi connectivity index (χ0v) is 11.8. The number of aromatic amines is 1. The first-order valence-electron chi connectivity index (χ1n) is 5.48. The van der Waals surface area contributed by atoms with Crippen molar-refractivity contribution in [3.8, 4) is 0 Å². The van der Waals surface area contributed by atoms with Gasteiger partial charge in [0.2, 0.25) is 0 Å². The van der Waals surface area contributed by atoms with Crippen molar-refractivity contribution < 1.29 is 0 Å². The van der Waals surface area contributed by atoms with Crippen LogP contribution in [0.4, 0.5) is 0 Å². The maximum absolute atomic E-state index is 11.7. The van der Waals surface area contributed by atoms with Gasteiger partial charge in [-0.3, -0.25) is 4.79 Å². The number of nitrogens with one attached hydrogen (secondary N) is 1. The van der Waals surface area contributed by atoms with Gasteiger partial charge in [-0.2, -0.15) is 11.8 Å². The van der Waals surface area contributed by atoms with Crippen molar-refractivity contribution in [2.45, 2.75) is 43.6 Å². The van der Waals surface area contributed by atoms with E-state index in [-0.39, 0.29) is 5.56 Å². The van der Waals surface area contributed by atoms with Crippen LogP contribution < -0.4 is 5.56 Å². The van der Waals surface area contributed by atoms with Crippen molar-refractivity contribution in [2.24, 2.45) is 0 Å². The minimum absolute atomic E-state index is 0.0451. The lowest BCUT2D eigenvalue weighted by molar-refractivity contribution is 0.897. The van der Waals surface area contributed by atoms with Gasteiger partial charge >= 0.3 is 0 Å². The molecule has 0 saturated heterocycles. The number of thioether (sulfide) groups is 1. The molecule has 88 valence electrons. The fourth-order valence-corrected chi connectivity index (χ4v) is 2.61. The second-order valence-electron chi connectivity index (χ2n) is 4.35. The van der Waals surface area contributed by atoms with Crippen molar-refractivity contribution in [2.75, 3.05) is 0 Å². The molecule has 0 spiro atoms. The molecule has 1 saturated carbocycles. The molecule has 1 heterocycles. The molecule has 1 aromatic heterocycles. The van der Waals surface area contributed by atoms with Crippen LogP contribution in [0, 0.1) is 0 Å². The fraction of sp³-hybridized carbons (Fsp3) is 0.636. The summed E-state index contributed by atoms with van der Waals surface area (Å²) < 4.78 is 0.619. The summed E-state index contributed by atoms with van der Waals surface area (Å²) >= 11 is 5.11. The van der Waals surface area contributed by atoms with E-state index in [0.717, 1.165) is 30.1 Å². The van der Waals surface area contributed by atoms with E-state index in [4.69, 9.17) is 0 Å². The number of hydrogen-bond acceptors (Lipinski definition) is 3. The summed E-state index contributed by atoms with van der Waals surface area (Å²) in [4.78, 5) is 19.0. The number of nitrogens with zero attached hydrogens (tertiary/aromatic N) is 1. The maximum atomic E-state index is 11.7. The lowest BCUT2D eigenvalue weighted by Gasteiger charge is -2.07. The summed E-state index contributed by atoms with van der Waals surface area (Å²) in [7, 11) is 0. The minimum Gasteiger partial charge on any atom is -0.309 e. The molecule has 1 aliphatic carbocycles. The molecular weight excluding hydrogens is 288 g/mol. The molecule has 16 heavy (non-hydrogen) atoms. The van der Waals surface area contributed by atoms with Gasteiger partial charge in [0, 0.05) is 5.92 Å². The lowest BCUT2D eigenvalue weighted by Crippen LogP contribution is -2.15. The molecule has 0 unspecified atom stereocenters. The molecular formula is C11H15BrN2OS. The van der Waals surface area contributed by atoms with Crippen molar-refractivity contribution >= 4 is 27.7 Å². The number of aromatic nitrogens is 2. The van der Waals surface area contributed by atoms with Crippen LogP contribution in [0.1, 0.15) is 44.1 Å². The maximum Gasteiger partial charge on any atom is 0.265 e. The lowest BCUT2D eigenvalue weighted by atomic mass is 10.3. The molecule has 5 heteroatoms. The Morgan fingerprint density at radius 2 is 2.25 bits per heavy atom. The highest BCUT2D eigenvalue weighted by atomic mass is 79.9. The van der Waals surface area contributed by atoms with Crippen molar-refractivity contribution in [3.63, 3.8) is 0 Å². The zero-order valence-electron chi connectivity index (χ0n) is 9.42. The van der Waals surface area contributed by atoms with Crippen LogP contribution in [-0.2, 0) is 5.75 Å². The third kappa shape index (κ3) is 2.88. The molecule has 0 aromatic carbocycles. The van der Waals surface area contributed by atoms with E-state index in [0.29, 0.717) is 15.6 Å². The summed E-state index contributed by atoms with van der Waals surface area (Å²) in [6.07, 6.45) is 2.32. The molecule has 3 nitrogen and oxygen atoms in total. The van der Waals surface area contributed by atoms with E-state index in [1.165, 1.54) is 0 Å². The molecule has 0 atom stereocenters. The third-order valence-electron chi connectivity index (χ3n) is 2.45. The molecule has 0 bridgehead atoms. The second kappa shape index (κ2) is 4.92. The van der Waals surface area contributed by atoms with Crippen molar-refractivity contribution in [3.05, 3.63) is 26.3 Å². The van der Waals surface area contributed by atoms with Crippen molar-refractivity contribution in [1.82, 2.24) is 9.97 Å². The standard InChI is InChI=1S/C11H15BrN2OS/c1-6(2)16-5-8-13-10(7-3-4-7)9(12)11(15)14-8/h6-7H,3-5H2,1-2H3,(H,13,14,15). The summed E-state index contributed by atoms with van der Waals surface area (Å²) in [6.45, 7) is 4.28. The molecule has 0 radical (unpaired) electrons. The van der Waals surface area contributed by atoms with E-state index in [1.807, 2.05) is 0 Å². The summed E-state index contributed by atoms with van der Waals surface area (Å²) in [5.74, 6) is 2.08. The first-order valence-corrected chi connectivity index (χ1v) is 7.32. The smallest absolute Gasteiger partial charge is 0.265 e. The second-order valence-corrected chi connectivity index (χ2v) is 6.70. The molecule has 1 fully saturated rings. The fourth-order valence-electron chi connectivity index (χ4n) is 1.47. The van der Waals surface area contributed by atoms with E-state index < -0.39 is 0 Å². The van der Waals surface area contributed by atoms with Gasteiger partial charge in [-0.25, -0.2) is 4.98 Å². The molecule has 2 rings (SSSR count). The highest BCUT2D eigenvalue weighted by Crippen LogP contribution is 2.41. The van der Waals surface area contributed by atoms with Gasteiger partial charge in [0.05, 0.1) is 11.4 Å². The number of H-pyrrole nitrogens is 1. The zero-order chi connectivity index (χ0) is 11.7. The van der Waals surface area contributed by atoms with Crippen LogP contribution in [0.25, 0.3) is 0 Å². The molecule has 1 aliphatic rings. The Hall–Kier alpha value is -0.290.